The maximum absolute atomic E-state index is 12.6. The van der Waals surface area contributed by atoms with Crippen molar-refractivity contribution in [2.24, 2.45) is 0 Å². The fourth-order valence-electron chi connectivity index (χ4n) is 2.90. The van der Waals surface area contributed by atoms with Gasteiger partial charge in [0.05, 0.1) is 4.90 Å². The van der Waals surface area contributed by atoms with Gasteiger partial charge in [0.15, 0.2) is 6.61 Å². The van der Waals surface area contributed by atoms with Crippen LogP contribution in [-0.2, 0) is 14.8 Å². The van der Waals surface area contributed by atoms with Gasteiger partial charge in [0.25, 0.3) is 21.8 Å². The Morgan fingerprint density at radius 2 is 1.47 bits per heavy atom. The van der Waals surface area contributed by atoms with E-state index in [0.29, 0.717) is 22.7 Å². The number of sulfonamides is 1. The number of ether oxygens (including phenoxy) is 1. The standard InChI is InChI=1S/C25H27N3O5S/c1-17-5-14-23(15-18(17)2)34(31,32)27-21-8-6-19(7-9-21)25(30)26-20-10-12-22(13-11-20)33-16-24(29)28(3)4/h5-15,27H,16H2,1-4H3,(H,26,30). The van der Waals surface area contributed by atoms with Gasteiger partial charge in [-0.05, 0) is 85.6 Å². The third-order valence-corrected chi connectivity index (χ3v) is 6.54. The van der Waals surface area contributed by atoms with E-state index in [9.17, 15) is 18.0 Å². The number of amides is 2. The summed E-state index contributed by atoms with van der Waals surface area (Å²) in [6.45, 7) is 3.70. The molecule has 34 heavy (non-hydrogen) atoms. The Labute approximate surface area is 199 Å². The topological polar surface area (TPSA) is 105 Å². The summed E-state index contributed by atoms with van der Waals surface area (Å²) in [6, 6.07) is 17.7. The number of carbonyl (C=O) groups excluding carboxylic acids is 2. The number of aryl methyl sites for hydroxylation is 2. The van der Waals surface area contributed by atoms with E-state index in [4.69, 9.17) is 4.74 Å². The number of anilines is 2. The van der Waals surface area contributed by atoms with Gasteiger partial charge in [0, 0.05) is 31.0 Å². The second kappa shape index (κ2) is 10.4. The van der Waals surface area contributed by atoms with Crippen molar-refractivity contribution in [3.8, 4) is 5.75 Å². The largest absolute Gasteiger partial charge is 0.484 e. The molecule has 0 aliphatic carbocycles. The van der Waals surface area contributed by atoms with Crippen molar-refractivity contribution in [1.82, 2.24) is 4.90 Å². The van der Waals surface area contributed by atoms with Gasteiger partial charge < -0.3 is 15.0 Å². The molecule has 2 N–H and O–H groups in total. The van der Waals surface area contributed by atoms with Crippen LogP contribution in [0.25, 0.3) is 0 Å². The van der Waals surface area contributed by atoms with E-state index < -0.39 is 10.0 Å². The van der Waals surface area contributed by atoms with Crippen molar-refractivity contribution >= 4 is 33.2 Å². The van der Waals surface area contributed by atoms with Crippen LogP contribution >= 0.6 is 0 Å². The molecule has 9 heteroatoms. The number of rotatable bonds is 8. The molecule has 0 fully saturated rings. The van der Waals surface area contributed by atoms with Gasteiger partial charge in [0.1, 0.15) is 5.75 Å². The lowest BCUT2D eigenvalue weighted by atomic mass is 10.1. The molecule has 0 saturated carbocycles. The Bertz CT molecular complexity index is 1290. The molecule has 178 valence electrons. The summed E-state index contributed by atoms with van der Waals surface area (Å²) in [5.74, 6) is 0.00530. The van der Waals surface area contributed by atoms with E-state index in [1.54, 1.807) is 56.6 Å². The number of benzene rings is 3. The third-order valence-electron chi connectivity index (χ3n) is 5.16. The van der Waals surface area contributed by atoms with Gasteiger partial charge in [-0.1, -0.05) is 6.07 Å². The molecule has 3 rings (SSSR count). The summed E-state index contributed by atoms with van der Waals surface area (Å²) in [6.07, 6.45) is 0. The maximum Gasteiger partial charge on any atom is 0.261 e. The molecule has 0 heterocycles. The van der Waals surface area contributed by atoms with E-state index in [1.165, 1.54) is 29.2 Å². The normalized spacial score (nSPS) is 10.9. The van der Waals surface area contributed by atoms with Crippen molar-refractivity contribution in [1.29, 1.82) is 0 Å². The number of carbonyl (C=O) groups is 2. The molecule has 0 aliphatic rings. The summed E-state index contributed by atoms with van der Waals surface area (Å²) >= 11 is 0. The van der Waals surface area contributed by atoms with Crippen molar-refractivity contribution in [3.05, 3.63) is 83.4 Å². The minimum Gasteiger partial charge on any atom is -0.484 e. The summed E-state index contributed by atoms with van der Waals surface area (Å²) in [4.78, 5) is 25.8. The third kappa shape index (κ3) is 6.35. The molecule has 0 unspecified atom stereocenters. The zero-order chi connectivity index (χ0) is 24.9. The molecule has 0 saturated heterocycles. The molecule has 3 aromatic rings. The SMILES string of the molecule is Cc1ccc(S(=O)(=O)Nc2ccc(C(=O)Nc3ccc(OCC(=O)N(C)C)cc3)cc2)cc1C. The molecule has 0 radical (unpaired) electrons. The first kappa shape index (κ1) is 24.8. The van der Waals surface area contributed by atoms with Crippen LogP contribution in [0.3, 0.4) is 0 Å². The first-order valence-electron chi connectivity index (χ1n) is 10.5. The van der Waals surface area contributed by atoms with Gasteiger partial charge in [-0.3, -0.25) is 14.3 Å². The smallest absolute Gasteiger partial charge is 0.261 e. The number of hydrogen-bond acceptors (Lipinski definition) is 5. The maximum atomic E-state index is 12.6. The van der Waals surface area contributed by atoms with Gasteiger partial charge >= 0.3 is 0 Å². The summed E-state index contributed by atoms with van der Waals surface area (Å²) in [7, 11) is -0.440. The van der Waals surface area contributed by atoms with Crippen molar-refractivity contribution in [2.75, 3.05) is 30.7 Å². The molecule has 0 bridgehead atoms. The second-order valence-corrected chi connectivity index (χ2v) is 9.67. The van der Waals surface area contributed by atoms with Gasteiger partial charge in [-0.25, -0.2) is 8.42 Å². The predicted octanol–water partition coefficient (Wildman–Crippen LogP) is 3.82. The van der Waals surface area contributed by atoms with Crippen LogP contribution in [0.5, 0.6) is 5.75 Å². The van der Waals surface area contributed by atoms with Crippen LogP contribution in [0.4, 0.5) is 11.4 Å². The zero-order valence-electron chi connectivity index (χ0n) is 19.5. The minimum absolute atomic E-state index is 0.0711. The Morgan fingerprint density at radius 3 is 2.06 bits per heavy atom. The number of nitrogens with one attached hydrogen (secondary N) is 2. The molecule has 0 spiro atoms. The van der Waals surface area contributed by atoms with E-state index in [2.05, 4.69) is 10.0 Å². The molecule has 0 aromatic heterocycles. The van der Waals surface area contributed by atoms with Gasteiger partial charge in [0.2, 0.25) is 0 Å². The molecule has 3 aromatic carbocycles. The Balaban J connectivity index is 1.60. The first-order valence-corrected chi connectivity index (χ1v) is 12.0. The lowest BCUT2D eigenvalue weighted by molar-refractivity contribution is -0.130. The quantitative estimate of drug-likeness (QED) is 0.509. The highest BCUT2D eigenvalue weighted by molar-refractivity contribution is 7.92. The number of hydrogen-bond donors (Lipinski definition) is 2. The van der Waals surface area contributed by atoms with Crippen molar-refractivity contribution in [3.63, 3.8) is 0 Å². The average molecular weight is 482 g/mol. The first-order chi connectivity index (χ1) is 16.0. The molecular formula is C25H27N3O5S. The molecule has 2 amide bonds. The highest BCUT2D eigenvalue weighted by Crippen LogP contribution is 2.20. The Kier molecular flexibility index (Phi) is 7.57. The predicted molar refractivity (Wildman–Crippen MR) is 132 cm³/mol. The van der Waals surface area contributed by atoms with E-state index in [1.807, 2.05) is 13.8 Å². The summed E-state index contributed by atoms with van der Waals surface area (Å²) in [5.41, 5.74) is 3.16. The Hall–Kier alpha value is -3.85. The Morgan fingerprint density at radius 1 is 0.853 bits per heavy atom. The van der Waals surface area contributed by atoms with Crippen LogP contribution in [0.1, 0.15) is 21.5 Å². The van der Waals surface area contributed by atoms with Crippen LogP contribution in [0.15, 0.2) is 71.6 Å². The number of likely N-dealkylation sites (N-methyl/N-ethyl adjacent to an activating group) is 1. The zero-order valence-corrected chi connectivity index (χ0v) is 20.3. The molecule has 0 atom stereocenters. The van der Waals surface area contributed by atoms with Crippen molar-refractivity contribution in [2.45, 2.75) is 18.7 Å². The summed E-state index contributed by atoms with van der Waals surface area (Å²) < 4.78 is 33.2. The van der Waals surface area contributed by atoms with E-state index in [-0.39, 0.29) is 23.3 Å². The highest BCUT2D eigenvalue weighted by atomic mass is 32.2. The van der Waals surface area contributed by atoms with Crippen LogP contribution in [0, 0.1) is 13.8 Å². The van der Waals surface area contributed by atoms with Crippen LogP contribution in [0.2, 0.25) is 0 Å². The molecular weight excluding hydrogens is 454 g/mol. The van der Waals surface area contributed by atoms with Gasteiger partial charge in [-0.15, -0.1) is 0 Å². The molecule has 0 aliphatic heterocycles. The second-order valence-electron chi connectivity index (χ2n) is 7.98. The van der Waals surface area contributed by atoms with Crippen LogP contribution in [-0.4, -0.2) is 45.8 Å². The van der Waals surface area contributed by atoms with Crippen LogP contribution < -0.4 is 14.8 Å². The van der Waals surface area contributed by atoms with E-state index >= 15 is 0 Å². The number of nitrogens with zero attached hydrogens (tertiary/aromatic N) is 1. The lowest BCUT2D eigenvalue weighted by Crippen LogP contribution is -2.27. The summed E-state index contributed by atoms with van der Waals surface area (Å²) in [5, 5.41) is 2.77. The van der Waals surface area contributed by atoms with Gasteiger partial charge in [-0.2, -0.15) is 0 Å². The minimum atomic E-state index is -3.74. The van der Waals surface area contributed by atoms with Crippen molar-refractivity contribution < 1.29 is 22.7 Å². The van der Waals surface area contributed by atoms with E-state index in [0.717, 1.165) is 11.1 Å². The monoisotopic (exact) mass is 481 g/mol. The fourth-order valence-corrected chi connectivity index (χ4v) is 4.04. The fraction of sp³-hybridized carbons (Fsp3) is 0.200. The highest BCUT2D eigenvalue weighted by Gasteiger charge is 2.15. The average Bonchev–Trinajstić information content (AvgIpc) is 2.80. The molecule has 8 nitrogen and oxygen atoms in total. The lowest BCUT2D eigenvalue weighted by Gasteiger charge is -2.12.